The molecular weight excluding hydrogens is 900 g/mol. The summed E-state index contributed by atoms with van der Waals surface area (Å²) in [7, 11) is 0. The molecule has 15 heteroatoms. The van der Waals surface area contributed by atoms with Crippen LogP contribution in [0, 0.1) is 41.6 Å². The number of alkyl carbamates (subject to hydrolysis) is 1. The van der Waals surface area contributed by atoms with Gasteiger partial charge in [0.2, 0.25) is 17.5 Å². The fourth-order valence-electron chi connectivity index (χ4n) is 9.64. The normalized spacial score (nSPS) is 20.9. The van der Waals surface area contributed by atoms with Gasteiger partial charge in [0.15, 0.2) is 0 Å². The number of aliphatic hydroxyl groups excluding tert-OH is 1. The molecule has 0 unspecified atom stereocenters. The lowest BCUT2D eigenvalue weighted by atomic mass is 9.49. The molecule has 3 aromatic carbocycles. The van der Waals surface area contributed by atoms with E-state index in [-0.39, 0.29) is 36.2 Å². The largest absolute Gasteiger partial charge is 0.489 e. The maximum atomic E-state index is 14.1. The second-order valence-corrected chi connectivity index (χ2v) is 21.1. The second-order valence-electron chi connectivity index (χ2n) is 19.9. The number of likely N-dealkylation sites (tertiary alicyclic amines) is 1. The Morgan fingerprint density at radius 1 is 1.06 bits per heavy atom. The molecule has 4 amide bonds. The summed E-state index contributed by atoms with van der Waals surface area (Å²) in [6, 6.07) is 16.0. The third-order valence-corrected chi connectivity index (χ3v) is 14.1. The molecule has 1 aliphatic carbocycles. The van der Waals surface area contributed by atoms with Gasteiger partial charge in [0.25, 0.3) is 5.91 Å². The van der Waals surface area contributed by atoms with Crippen molar-refractivity contribution in [2.75, 3.05) is 20.1 Å². The number of halogens is 1. The zero-order chi connectivity index (χ0) is 52.2. The Balaban J connectivity index is 0.975. The molecule has 0 radical (unpaired) electrons. The molecule has 2 heterocycles. The summed E-state index contributed by atoms with van der Waals surface area (Å²) >= 11 is 7.82. The van der Waals surface area contributed by atoms with E-state index in [0.29, 0.717) is 36.3 Å². The summed E-state index contributed by atoms with van der Waals surface area (Å²) in [6.45, 7) is 21.2. The van der Waals surface area contributed by atoms with Gasteiger partial charge in [0, 0.05) is 58.5 Å². The number of aliphatic hydroxyl groups is 1. The Labute approximate surface area is 414 Å². The second kappa shape index (κ2) is 21.2. The number of aromatic nitrogens is 1. The first-order valence-electron chi connectivity index (χ1n) is 24.2. The molecule has 1 aromatic heterocycles. The van der Waals surface area contributed by atoms with Gasteiger partial charge in [0.1, 0.15) is 23.9 Å². The zero-order valence-corrected chi connectivity index (χ0v) is 41.7. The van der Waals surface area contributed by atoms with Gasteiger partial charge >= 0.3 is 6.09 Å². The van der Waals surface area contributed by atoms with Crippen LogP contribution < -0.4 is 15.4 Å². The van der Waals surface area contributed by atoms with Gasteiger partial charge in [-0.25, -0.2) is 14.6 Å². The van der Waals surface area contributed by atoms with Crippen molar-refractivity contribution < 1.29 is 37.9 Å². The number of nitrogens with one attached hydrogen (secondary N) is 2. The molecule has 1 aliphatic heterocycles. The van der Waals surface area contributed by atoms with E-state index in [1.54, 1.807) is 80.1 Å². The summed E-state index contributed by atoms with van der Waals surface area (Å²) in [5.74, 6) is 5.06. The molecule has 360 valence electrons. The number of aryl methyl sites for hydroxylation is 1. The van der Waals surface area contributed by atoms with Crippen molar-refractivity contribution in [2.45, 2.75) is 124 Å². The number of β-amino-alcohol motifs (C(OH)–C–C–N with tert-alkyl or cyclic N) is 1. The van der Waals surface area contributed by atoms with Gasteiger partial charge in [0.05, 0.1) is 46.4 Å². The van der Waals surface area contributed by atoms with Crippen LogP contribution in [-0.4, -0.2) is 94.2 Å². The van der Waals surface area contributed by atoms with Crippen molar-refractivity contribution >= 4 is 52.4 Å². The van der Waals surface area contributed by atoms with E-state index in [0.717, 1.165) is 26.6 Å². The lowest BCUT2D eigenvalue weighted by Crippen LogP contribution is -2.74. The minimum atomic E-state index is -2.76. The van der Waals surface area contributed by atoms with Gasteiger partial charge < -0.3 is 35.0 Å². The molecule has 0 bridgehead atoms. The number of unbranched alkanes of at least 4 members (excludes halogenated alkanes) is 2. The highest BCUT2D eigenvalue weighted by molar-refractivity contribution is 7.13. The lowest BCUT2D eigenvalue weighted by Gasteiger charge is -2.65. The number of ether oxygens (including phenoxy) is 2. The summed E-state index contributed by atoms with van der Waals surface area (Å²) in [4.78, 5) is 65.9. The van der Waals surface area contributed by atoms with Gasteiger partial charge in [-0.2, -0.15) is 0 Å². The first-order valence-corrected chi connectivity index (χ1v) is 24.0. The molecule has 6 rings (SSSR count). The maximum Gasteiger partial charge on any atom is 0.407 e. The van der Waals surface area contributed by atoms with Crippen LogP contribution in [0.1, 0.15) is 118 Å². The molecule has 4 aromatic rings. The van der Waals surface area contributed by atoms with E-state index in [2.05, 4.69) is 32.3 Å². The number of thiazole rings is 1. The summed E-state index contributed by atoms with van der Waals surface area (Å²) in [6.07, 6.45) is -0.557. The standard InChI is InChI=1S/C53H63ClN6O7S/c1-32(35-21-23-36(24-22-35)43-33(2)56-31-68-43)57-45(62)42-28-38(61)30-60(42)47(64)44(51(3,4)5)58-50(65)66-27-15-13-12-14-16-34-17-19-37(20-18-34)46(63)59(11)48-52(6,7)49(53(48,8)9)67-39-25-26-41(55-10)40(54)29-39/h17-26,29,31-32,38,42,44,48-49,61H,12-13,15,27-28,30H2,1-9,11H3,(H,57,62)(H,58,65)/t32-,38+,42-,44+,48?,49?/m0/s1/i11D3. The van der Waals surface area contributed by atoms with Crippen LogP contribution in [0.2, 0.25) is 5.02 Å². The topological polar surface area (TPSA) is 155 Å². The first-order chi connectivity index (χ1) is 33.2. The fourth-order valence-corrected chi connectivity index (χ4v) is 10.7. The monoisotopic (exact) mass is 965 g/mol. The average Bonchev–Trinajstić information content (AvgIpc) is 3.92. The molecule has 0 spiro atoms. The van der Waals surface area contributed by atoms with E-state index < -0.39 is 77.4 Å². The smallest absolute Gasteiger partial charge is 0.407 e. The Hall–Kier alpha value is -5.93. The van der Waals surface area contributed by atoms with Crippen molar-refractivity contribution in [3.8, 4) is 28.0 Å². The highest BCUT2D eigenvalue weighted by atomic mass is 35.5. The van der Waals surface area contributed by atoms with Gasteiger partial charge in [-0.05, 0) is 79.6 Å². The highest BCUT2D eigenvalue weighted by Crippen LogP contribution is 2.58. The Kier molecular flexibility index (Phi) is 14.7. The van der Waals surface area contributed by atoms with E-state index in [4.69, 9.17) is 31.8 Å². The molecule has 4 atom stereocenters. The number of carbonyl (C=O) groups is 4. The van der Waals surface area contributed by atoms with Crippen molar-refractivity contribution in [3.63, 3.8) is 0 Å². The van der Waals surface area contributed by atoms with Crippen molar-refractivity contribution in [2.24, 2.45) is 16.2 Å². The zero-order valence-electron chi connectivity index (χ0n) is 43.1. The quantitative estimate of drug-likeness (QED) is 0.0642. The summed E-state index contributed by atoms with van der Waals surface area (Å²) < 4.78 is 37.1. The SMILES string of the molecule is [2H]C([2H])([2H])N(C(=O)c1ccc(C#CCCCCOC(=O)N[C@H](C(=O)N2C[C@H](O)C[C@H]2C(=O)N[C@@H](C)c2ccc(-c3scnc3C)cc2)C(C)(C)C)cc1)C1C(C)(C)C(Oc2ccc([N+]#[C-])c(Cl)c2)C1(C)C. The van der Waals surface area contributed by atoms with Crippen LogP contribution >= 0.6 is 22.9 Å². The number of rotatable bonds is 14. The Morgan fingerprint density at radius 3 is 2.35 bits per heavy atom. The van der Waals surface area contributed by atoms with Crippen LogP contribution in [0.25, 0.3) is 15.3 Å². The lowest BCUT2D eigenvalue weighted by molar-refractivity contribution is -0.195. The van der Waals surface area contributed by atoms with E-state index in [1.165, 1.54) is 4.90 Å². The molecule has 2 aliphatic rings. The number of hydrogen-bond donors (Lipinski definition) is 3. The molecule has 68 heavy (non-hydrogen) atoms. The number of amides is 4. The van der Waals surface area contributed by atoms with Crippen LogP contribution in [0.5, 0.6) is 5.75 Å². The number of hydrogen-bond acceptors (Lipinski definition) is 9. The number of nitrogens with zero attached hydrogens (tertiary/aromatic N) is 4. The molecule has 1 saturated carbocycles. The third-order valence-electron chi connectivity index (χ3n) is 12.8. The molecular formula is C53H63ClN6O7S. The minimum Gasteiger partial charge on any atom is -0.489 e. The Bertz CT molecular complexity index is 2690. The maximum absolute atomic E-state index is 14.1. The molecule has 13 nitrogen and oxygen atoms in total. The molecule has 2 fully saturated rings. The van der Waals surface area contributed by atoms with Crippen LogP contribution in [0.3, 0.4) is 0 Å². The Morgan fingerprint density at radius 2 is 1.75 bits per heavy atom. The average molecular weight is 967 g/mol. The number of benzene rings is 3. The highest BCUT2D eigenvalue weighted by Gasteiger charge is 2.65. The summed E-state index contributed by atoms with van der Waals surface area (Å²) in [5, 5.41) is 16.6. The minimum absolute atomic E-state index is 0.0564. The number of carbonyl (C=O) groups excluding carboxylic acids is 4. The van der Waals surface area contributed by atoms with E-state index >= 15 is 0 Å². The predicted molar refractivity (Wildman–Crippen MR) is 265 cm³/mol. The van der Waals surface area contributed by atoms with Gasteiger partial charge in [-0.1, -0.05) is 102 Å². The fraction of sp³-hybridized carbons (Fsp3) is 0.472. The van der Waals surface area contributed by atoms with E-state index in [9.17, 15) is 24.3 Å². The van der Waals surface area contributed by atoms with Crippen LogP contribution in [0.4, 0.5) is 10.5 Å². The van der Waals surface area contributed by atoms with E-state index in [1.807, 2.05) is 65.8 Å². The first kappa shape index (κ1) is 47.1. The predicted octanol–water partition coefficient (Wildman–Crippen LogP) is 9.78. The summed E-state index contributed by atoms with van der Waals surface area (Å²) in [5.41, 5.74) is 3.45. The van der Waals surface area contributed by atoms with Crippen molar-refractivity contribution in [3.05, 3.63) is 111 Å². The third kappa shape index (κ3) is 11.5. The van der Waals surface area contributed by atoms with Crippen LogP contribution in [-0.2, 0) is 14.3 Å². The van der Waals surface area contributed by atoms with Crippen molar-refractivity contribution in [1.82, 2.24) is 25.4 Å². The molecule has 1 saturated heterocycles. The van der Waals surface area contributed by atoms with Gasteiger partial charge in [-0.15, -0.1) is 11.3 Å². The van der Waals surface area contributed by atoms with Gasteiger partial charge in [-0.3, -0.25) is 14.4 Å². The van der Waals surface area contributed by atoms with Crippen LogP contribution in [0.15, 0.2) is 72.2 Å². The molecule has 3 N–H and O–H groups in total. The van der Waals surface area contributed by atoms with Crippen molar-refractivity contribution in [1.29, 1.82) is 0 Å².